The van der Waals surface area contributed by atoms with Gasteiger partial charge in [0.05, 0.1) is 34.4 Å². The largest absolute Gasteiger partial charge is 0.490 e. The summed E-state index contributed by atoms with van der Waals surface area (Å²) in [7, 11) is 1.85. The van der Waals surface area contributed by atoms with E-state index in [1.165, 1.54) is 6.20 Å². The number of rotatable bonds is 3. The summed E-state index contributed by atoms with van der Waals surface area (Å²) in [6.45, 7) is 0.889. The van der Waals surface area contributed by atoms with Crippen molar-refractivity contribution in [1.82, 2.24) is 25.1 Å². The van der Waals surface area contributed by atoms with Crippen molar-refractivity contribution in [2.45, 2.75) is 25.1 Å². The number of aromatic nitrogens is 4. The summed E-state index contributed by atoms with van der Waals surface area (Å²) in [5.74, 6) is -2.94. The molecule has 1 aliphatic heterocycles. The first-order chi connectivity index (χ1) is 16.5. The quantitative estimate of drug-likeness (QED) is 0.322. The Bertz CT molecular complexity index is 1410. The molecule has 13 heteroatoms. The summed E-state index contributed by atoms with van der Waals surface area (Å²) in [6.07, 6.45) is 0.0220. The van der Waals surface area contributed by atoms with Gasteiger partial charge in [-0.2, -0.15) is 18.3 Å². The third-order valence-electron chi connectivity index (χ3n) is 5.55. The Kier molecular flexibility index (Phi) is 6.43. The molecule has 9 nitrogen and oxygen atoms in total. The van der Waals surface area contributed by atoms with Gasteiger partial charge in [0.2, 0.25) is 0 Å². The molecule has 4 heterocycles. The number of pyridine rings is 1. The Morgan fingerprint density at radius 2 is 1.97 bits per heavy atom. The third kappa shape index (κ3) is 5.09. The highest BCUT2D eigenvalue weighted by molar-refractivity contribution is 6.06. The number of aromatic amines is 1. The molecular weight excluding hydrogens is 472 g/mol. The monoisotopic (exact) mass is 492 g/mol. The van der Waals surface area contributed by atoms with E-state index in [1.54, 1.807) is 29.1 Å². The summed E-state index contributed by atoms with van der Waals surface area (Å²) < 4.78 is 48.2. The minimum Gasteiger partial charge on any atom is -0.475 e. The second kappa shape index (κ2) is 9.33. The van der Waals surface area contributed by atoms with E-state index in [1.807, 2.05) is 13.1 Å². The van der Waals surface area contributed by atoms with Crippen LogP contribution in [0.3, 0.4) is 0 Å². The maximum absolute atomic E-state index is 14.7. The predicted octanol–water partition coefficient (Wildman–Crippen LogP) is 3.90. The van der Waals surface area contributed by atoms with Crippen LogP contribution in [0, 0.1) is 5.82 Å². The zero-order valence-electron chi connectivity index (χ0n) is 18.3. The van der Waals surface area contributed by atoms with E-state index >= 15 is 0 Å². The average molecular weight is 492 g/mol. The van der Waals surface area contributed by atoms with Gasteiger partial charge in [0.1, 0.15) is 5.82 Å². The Balaban J connectivity index is 0.000000364. The number of H-pyrrole nitrogens is 1. The molecule has 1 fully saturated rings. The molecule has 184 valence electrons. The lowest BCUT2D eigenvalue weighted by molar-refractivity contribution is -0.192. The normalized spacial score (nSPS) is 15.7. The maximum Gasteiger partial charge on any atom is 0.490 e. The number of carbonyl (C=O) groups excluding carboxylic acids is 1. The number of anilines is 1. The number of halogens is 4. The van der Waals surface area contributed by atoms with E-state index in [2.05, 4.69) is 25.7 Å². The predicted molar refractivity (Wildman–Crippen MR) is 118 cm³/mol. The Morgan fingerprint density at radius 1 is 1.23 bits per heavy atom. The molecule has 5 rings (SSSR count). The summed E-state index contributed by atoms with van der Waals surface area (Å²) in [5.41, 5.74) is 2.64. The molecular formula is C22H20F4N6O3. The molecule has 1 aromatic carbocycles. The number of amides is 1. The van der Waals surface area contributed by atoms with Crippen molar-refractivity contribution in [1.29, 1.82) is 0 Å². The number of alkyl halides is 3. The van der Waals surface area contributed by atoms with Crippen molar-refractivity contribution in [2.75, 3.05) is 11.9 Å². The van der Waals surface area contributed by atoms with E-state index < -0.39 is 12.1 Å². The fourth-order valence-electron chi connectivity index (χ4n) is 3.81. The van der Waals surface area contributed by atoms with Crippen LogP contribution in [0.15, 0.2) is 36.7 Å². The van der Waals surface area contributed by atoms with Crippen LogP contribution in [0.2, 0.25) is 0 Å². The molecule has 3 aromatic heterocycles. The molecule has 0 saturated carbocycles. The van der Waals surface area contributed by atoms with Gasteiger partial charge < -0.3 is 20.7 Å². The van der Waals surface area contributed by atoms with E-state index in [0.717, 1.165) is 30.3 Å². The van der Waals surface area contributed by atoms with Crippen LogP contribution >= 0.6 is 0 Å². The second-order valence-electron chi connectivity index (χ2n) is 7.92. The fourth-order valence-corrected chi connectivity index (χ4v) is 3.81. The lowest BCUT2D eigenvalue weighted by Crippen LogP contribution is -2.21. The Labute approximate surface area is 195 Å². The number of hydrogen-bond donors (Lipinski definition) is 4. The number of benzene rings is 1. The minimum absolute atomic E-state index is 0.00310. The van der Waals surface area contributed by atoms with Crippen LogP contribution in [0.1, 0.15) is 34.9 Å². The summed E-state index contributed by atoms with van der Waals surface area (Å²) in [4.78, 5) is 28.9. The van der Waals surface area contributed by atoms with Crippen LogP contribution in [-0.2, 0) is 11.8 Å². The molecule has 4 N–H and O–H groups in total. The smallest absolute Gasteiger partial charge is 0.475 e. The summed E-state index contributed by atoms with van der Waals surface area (Å²) in [6, 6.07) is 7.05. The average Bonchev–Trinajstić information content (AvgIpc) is 3.53. The number of fused-ring (bicyclic) bond motifs is 2. The highest BCUT2D eigenvalue weighted by atomic mass is 19.4. The summed E-state index contributed by atoms with van der Waals surface area (Å²) in [5, 5.41) is 18.7. The Hall–Kier alpha value is -4.00. The van der Waals surface area contributed by atoms with Crippen LogP contribution in [0.5, 0.6) is 0 Å². The molecule has 0 bridgehead atoms. The van der Waals surface area contributed by atoms with Gasteiger partial charge in [-0.25, -0.2) is 14.2 Å². The van der Waals surface area contributed by atoms with E-state index in [9.17, 15) is 22.4 Å². The molecule has 0 unspecified atom stereocenters. The number of nitrogens with one attached hydrogen (secondary N) is 3. The molecule has 0 aliphatic carbocycles. The lowest BCUT2D eigenvalue weighted by atomic mass is 10.1. The number of carboxylic acids is 1. The molecule has 1 amide bonds. The SMILES string of the molecule is Cn1ncc2cc(C(=O)Nc3cc4[nH]c([C@H]5CCCN5)c(F)c4cn3)ccc21.O=C(O)C(F)(F)F. The van der Waals surface area contributed by atoms with E-state index in [4.69, 9.17) is 9.90 Å². The topological polar surface area (TPSA) is 125 Å². The minimum atomic E-state index is -5.08. The number of hydrogen-bond acceptors (Lipinski definition) is 5. The van der Waals surface area contributed by atoms with Crippen LogP contribution in [0.25, 0.3) is 21.8 Å². The number of nitrogens with zero attached hydrogens (tertiary/aromatic N) is 3. The van der Waals surface area contributed by atoms with E-state index in [0.29, 0.717) is 28.0 Å². The van der Waals surface area contributed by atoms with Crippen molar-refractivity contribution in [3.63, 3.8) is 0 Å². The highest BCUT2D eigenvalue weighted by Crippen LogP contribution is 2.30. The van der Waals surface area contributed by atoms with Crippen molar-refractivity contribution < 1.29 is 32.3 Å². The zero-order chi connectivity index (χ0) is 25.3. The molecule has 4 aromatic rings. The molecule has 0 radical (unpaired) electrons. The van der Waals surface area contributed by atoms with Crippen molar-refractivity contribution in [2.24, 2.45) is 7.05 Å². The van der Waals surface area contributed by atoms with Crippen molar-refractivity contribution >= 4 is 39.5 Å². The van der Waals surface area contributed by atoms with Gasteiger partial charge in [0.25, 0.3) is 5.91 Å². The van der Waals surface area contributed by atoms with Gasteiger partial charge in [-0.1, -0.05) is 0 Å². The van der Waals surface area contributed by atoms with Gasteiger partial charge in [0.15, 0.2) is 5.82 Å². The van der Waals surface area contributed by atoms with Crippen LogP contribution in [0.4, 0.5) is 23.4 Å². The first-order valence-corrected chi connectivity index (χ1v) is 10.5. The standard InChI is InChI=1S/C20H19FN6O.C2HF3O2/c1-27-16-5-4-11(7-12(16)9-24-27)20(28)26-17-8-15-13(10-23-17)18(21)19(25-15)14-3-2-6-22-14;3-2(4,5)1(6)7/h4-5,7-10,14,22,25H,2-3,6H2,1H3,(H,23,26,28);(H,6,7)/t14-;/m1./s1. The maximum atomic E-state index is 14.7. The van der Waals surface area contributed by atoms with Crippen molar-refractivity contribution in [3.8, 4) is 0 Å². The van der Waals surface area contributed by atoms with Gasteiger partial charge in [0, 0.05) is 30.3 Å². The van der Waals surface area contributed by atoms with Crippen molar-refractivity contribution in [3.05, 3.63) is 53.7 Å². The summed E-state index contributed by atoms with van der Waals surface area (Å²) >= 11 is 0. The van der Waals surface area contributed by atoms with Gasteiger partial charge in [-0.05, 0) is 37.6 Å². The van der Waals surface area contributed by atoms with E-state index in [-0.39, 0.29) is 17.8 Å². The number of carboxylic acid groups (broad SMARTS) is 1. The highest BCUT2D eigenvalue weighted by Gasteiger charge is 2.38. The Morgan fingerprint density at radius 3 is 2.63 bits per heavy atom. The molecule has 1 aliphatic rings. The van der Waals surface area contributed by atoms with Gasteiger partial charge >= 0.3 is 12.1 Å². The van der Waals surface area contributed by atoms with Crippen LogP contribution < -0.4 is 10.6 Å². The van der Waals surface area contributed by atoms with Gasteiger partial charge in [-0.3, -0.25) is 9.48 Å². The second-order valence-corrected chi connectivity index (χ2v) is 7.92. The molecule has 0 spiro atoms. The first-order valence-electron chi connectivity index (χ1n) is 10.5. The molecule has 1 atom stereocenters. The molecule has 1 saturated heterocycles. The number of aryl methyl sites for hydroxylation is 1. The lowest BCUT2D eigenvalue weighted by Gasteiger charge is -2.07. The molecule has 35 heavy (non-hydrogen) atoms. The zero-order valence-corrected chi connectivity index (χ0v) is 18.3. The third-order valence-corrected chi connectivity index (χ3v) is 5.55. The first kappa shape index (κ1) is 24.1. The fraction of sp³-hybridized carbons (Fsp3) is 0.273. The number of carbonyl (C=O) groups is 2. The van der Waals surface area contributed by atoms with Gasteiger partial charge in [-0.15, -0.1) is 0 Å². The number of aliphatic carboxylic acids is 1. The van der Waals surface area contributed by atoms with Crippen LogP contribution in [-0.4, -0.2) is 49.5 Å².